The lowest BCUT2D eigenvalue weighted by Crippen LogP contribution is -2.17. The van der Waals surface area contributed by atoms with Crippen LogP contribution in [0.15, 0.2) is 71.9 Å². The number of nitrogens with zero attached hydrogens (tertiary/aromatic N) is 1. The van der Waals surface area contributed by atoms with E-state index in [9.17, 15) is 30.8 Å². The second kappa shape index (κ2) is 8.20. The number of anilines is 1. The Balaban J connectivity index is 1.60. The maximum atomic E-state index is 14.4. The van der Waals surface area contributed by atoms with Gasteiger partial charge in [0, 0.05) is 29.0 Å². The Morgan fingerprint density at radius 2 is 1.76 bits per heavy atom. The molecule has 0 aliphatic rings. The van der Waals surface area contributed by atoms with E-state index in [2.05, 4.69) is 19.4 Å². The number of carbonyl (C=O) groups is 1. The predicted octanol–water partition coefficient (Wildman–Crippen LogP) is 4.63. The topological polar surface area (TPSA) is 101 Å². The molecule has 0 bridgehead atoms. The van der Waals surface area contributed by atoms with E-state index in [0.717, 1.165) is 42.5 Å². The van der Waals surface area contributed by atoms with Gasteiger partial charge in [-0.1, -0.05) is 0 Å². The van der Waals surface area contributed by atoms with Crippen molar-refractivity contribution in [1.29, 1.82) is 0 Å². The van der Waals surface area contributed by atoms with Crippen LogP contribution in [0.5, 0.6) is 5.75 Å². The molecule has 4 aromatic rings. The number of sulfonamides is 1. The van der Waals surface area contributed by atoms with Gasteiger partial charge < -0.3 is 9.72 Å². The van der Waals surface area contributed by atoms with Crippen LogP contribution in [0.3, 0.4) is 0 Å². The maximum absolute atomic E-state index is 14.4. The van der Waals surface area contributed by atoms with Crippen molar-refractivity contribution < 1.29 is 35.5 Å². The number of nitrogens with one attached hydrogen (secondary N) is 2. The monoisotopic (exact) mass is 479 g/mol. The Bertz CT molecular complexity index is 1450. The smallest absolute Gasteiger partial charge is 0.406 e. The van der Waals surface area contributed by atoms with Gasteiger partial charge in [-0.25, -0.2) is 17.8 Å². The van der Waals surface area contributed by atoms with Crippen molar-refractivity contribution in [3.63, 3.8) is 0 Å². The molecule has 0 saturated carbocycles. The van der Waals surface area contributed by atoms with E-state index in [1.165, 1.54) is 12.4 Å². The number of ketones is 1. The standard InChI is InChI=1S/C21H13F4N3O4S/c22-18-8-3-12(10-16(18)19(29)17-11-27-20-15(17)2-1-9-26-20)28-33(30,31)14-6-4-13(5-7-14)32-21(23,24)25/h1-11,28H,(H,26,27). The minimum atomic E-state index is -4.92. The lowest BCUT2D eigenvalue weighted by Gasteiger charge is -2.12. The molecule has 0 unspecified atom stereocenters. The van der Waals surface area contributed by atoms with Crippen molar-refractivity contribution in [1.82, 2.24) is 9.97 Å². The highest BCUT2D eigenvalue weighted by Gasteiger charge is 2.31. The van der Waals surface area contributed by atoms with E-state index in [1.807, 2.05) is 0 Å². The minimum absolute atomic E-state index is 0.117. The molecule has 0 atom stereocenters. The van der Waals surface area contributed by atoms with E-state index < -0.39 is 33.7 Å². The number of alkyl halides is 3. The first-order valence-corrected chi connectivity index (χ1v) is 10.7. The summed E-state index contributed by atoms with van der Waals surface area (Å²) in [6.07, 6.45) is -2.03. The summed E-state index contributed by atoms with van der Waals surface area (Å²) >= 11 is 0. The molecule has 0 amide bonds. The van der Waals surface area contributed by atoms with Crippen LogP contribution in [0.2, 0.25) is 0 Å². The van der Waals surface area contributed by atoms with Gasteiger partial charge >= 0.3 is 6.36 Å². The highest BCUT2D eigenvalue weighted by molar-refractivity contribution is 7.92. The molecule has 7 nitrogen and oxygen atoms in total. The summed E-state index contributed by atoms with van der Waals surface area (Å²) in [5.74, 6) is -2.15. The fraction of sp³-hybridized carbons (Fsp3) is 0.0476. The molecule has 0 spiro atoms. The van der Waals surface area contributed by atoms with Gasteiger partial charge in [0.1, 0.15) is 17.2 Å². The van der Waals surface area contributed by atoms with Gasteiger partial charge in [-0.15, -0.1) is 13.2 Å². The highest BCUT2D eigenvalue weighted by Crippen LogP contribution is 2.26. The van der Waals surface area contributed by atoms with Crippen molar-refractivity contribution in [2.24, 2.45) is 0 Å². The zero-order valence-corrected chi connectivity index (χ0v) is 17.2. The number of halogens is 4. The number of rotatable bonds is 6. The molecule has 170 valence electrons. The minimum Gasteiger partial charge on any atom is -0.406 e. The van der Waals surface area contributed by atoms with Crippen LogP contribution in [0.25, 0.3) is 11.0 Å². The maximum Gasteiger partial charge on any atom is 0.573 e. The molecule has 2 aromatic heterocycles. The lowest BCUT2D eigenvalue weighted by molar-refractivity contribution is -0.274. The van der Waals surface area contributed by atoms with Crippen molar-refractivity contribution >= 4 is 32.5 Å². The molecule has 0 aliphatic heterocycles. The number of ether oxygens (including phenoxy) is 1. The number of H-pyrrole nitrogens is 1. The first-order valence-electron chi connectivity index (χ1n) is 9.18. The second-order valence-corrected chi connectivity index (χ2v) is 8.43. The van der Waals surface area contributed by atoms with Crippen LogP contribution in [0.1, 0.15) is 15.9 Å². The van der Waals surface area contributed by atoms with Crippen LogP contribution >= 0.6 is 0 Å². The molecule has 2 N–H and O–H groups in total. The van der Waals surface area contributed by atoms with Gasteiger partial charge in [0.15, 0.2) is 5.78 Å². The van der Waals surface area contributed by atoms with Gasteiger partial charge in [0.05, 0.1) is 10.5 Å². The van der Waals surface area contributed by atoms with Gasteiger partial charge in [-0.3, -0.25) is 9.52 Å². The number of aromatic nitrogens is 2. The fourth-order valence-corrected chi connectivity index (χ4v) is 4.14. The molecule has 33 heavy (non-hydrogen) atoms. The summed E-state index contributed by atoms with van der Waals surface area (Å²) in [5.41, 5.74) is 0.0792. The van der Waals surface area contributed by atoms with Crippen LogP contribution in [-0.2, 0) is 10.0 Å². The van der Waals surface area contributed by atoms with Crippen molar-refractivity contribution in [3.05, 3.63) is 83.9 Å². The van der Waals surface area contributed by atoms with Gasteiger partial charge in [0.25, 0.3) is 10.0 Å². The Labute approximate surface area is 184 Å². The third-order valence-corrected chi connectivity index (χ3v) is 5.92. The summed E-state index contributed by atoms with van der Waals surface area (Å²) in [6, 6.07) is 9.82. The van der Waals surface area contributed by atoms with Crippen LogP contribution < -0.4 is 9.46 Å². The van der Waals surface area contributed by atoms with Gasteiger partial charge in [0.2, 0.25) is 0 Å². The number of benzene rings is 2. The lowest BCUT2D eigenvalue weighted by atomic mass is 10.0. The molecule has 2 aromatic carbocycles. The number of fused-ring (bicyclic) bond motifs is 1. The Kier molecular flexibility index (Phi) is 5.54. The number of carbonyl (C=O) groups excluding carboxylic acids is 1. The first-order chi connectivity index (χ1) is 15.5. The predicted molar refractivity (Wildman–Crippen MR) is 110 cm³/mol. The largest absolute Gasteiger partial charge is 0.573 e. The van der Waals surface area contributed by atoms with Crippen molar-refractivity contribution in [3.8, 4) is 5.75 Å². The number of hydrogen-bond donors (Lipinski definition) is 2. The Morgan fingerprint density at radius 3 is 2.45 bits per heavy atom. The quantitative estimate of drug-likeness (QED) is 0.310. The van der Waals surface area contributed by atoms with E-state index in [4.69, 9.17) is 0 Å². The Morgan fingerprint density at radius 1 is 1.03 bits per heavy atom. The van der Waals surface area contributed by atoms with E-state index in [0.29, 0.717) is 11.0 Å². The molecule has 0 saturated heterocycles. The number of pyridine rings is 1. The fourth-order valence-electron chi connectivity index (χ4n) is 3.09. The third-order valence-electron chi connectivity index (χ3n) is 4.53. The van der Waals surface area contributed by atoms with Crippen LogP contribution in [-0.4, -0.2) is 30.5 Å². The normalized spacial score (nSPS) is 12.0. The second-order valence-electron chi connectivity index (χ2n) is 6.75. The molecule has 0 radical (unpaired) electrons. The van der Waals surface area contributed by atoms with E-state index >= 15 is 0 Å². The molecular weight excluding hydrogens is 466 g/mol. The zero-order valence-electron chi connectivity index (χ0n) is 16.4. The molecule has 2 heterocycles. The third kappa shape index (κ3) is 4.80. The van der Waals surface area contributed by atoms with Crippen LogP contribution in [0.4, 0.5) is 23.2 Å². The zero-order chi connectivity index (χ0) is 23.8. The number of aromatic amines is 1. The summed E-state index contributed by atoms with van der Waals surface area (Å²) in [5, 5.41) is 0.467. The summed E-state index contributed by atoms with van der Waals surface area (Å²) < 4.78 is 82.3. The van der Waals surface area contributed by atoms with Crippen LogP contribution in [0, 0.1) is 5.82 Å². The van der Waals surface area contributed by atoms with Gasteiger partial charge in [-0.05, 0) is 54.6 Å². The molecule has 12 heteroatoms. The van der Waals surface area contributed by atoms with E-state index in [1.54, 1.807) is 12.1 Å². The summed E-state index contributed by atoms with van der Waals surface area (Å²) in [7, 11) is -4.25. The van der Waals surface area contributed by atoms with Gasteiger partial charge in [-0.2, -0.15) is 0 Å². The summed E-state index contributed by atoms with van der Waals surface area (Å²) in [6.45, 7) is 0. The molecule has 0 aliphatic carbocycles. The molecular formula is C21H13F4N3O4S. The first kappa shape index (κ1) is 22.3. The van der Waals surface area contributed by atoms with E-state index in [-0.39, 0.29) is 21.7 Å². The highest BCUT2D eigenvalue weighted by atomic mass is 32.2. The average molecular weight is 479 g/mol. The molecule has 4 rings (SSSR count). The van der Waals surface area contributed by atoms with Crippen molar-refractivity contribution in [2.75, 3.05) is 4.72 Å². The Hall–Kier alpha value is -3.93. The number of hydrogen-bond acceptors (Lipinski definition) is 5. The summed E-state index contributed by atoms with van der Waals surface area (Å²) in [4.78, 5) is 19.4. The SMILES string of the molecule is O=C(c1cc(NS(=O)(=O)c2ccc(OC(F)(F)F)cc2)ccc1F)c1c[nH]c2ncccc12. The van der Waals surface area contributed by atoms with Crippen molar-refractivity contribution in [2.45, 2.75) is 11.3 Å². The average Bonchev–Trinajstić information content (AvgIpc) is 3.18. The molecule has 0 fully saturated rings.